The van der Waals surface area contributed by atoms with Gasteiger partial charge in [0.15, 0.2) is 5.82 Å². The largest absolute Gasteiger partial charge is 0.368 e. The Morgan fingerprint density at radius 3 is 2.27 bits per heavy atom. The molecule has 0 saturated heterocycles. The van der Waals surface area contributed by atoms with Crippen LogP contribution in [0.1, 0.15) is 56.6 Å². The number of carbonyl (C=O) groups excluding carboxylic acids is 1. The second-order valence-corrected chi connectivity index (χ2v) is 8.43. The van der Waals surface area contributed by atoms with Crippen LogP contribution in [0.25, 0.3) is 10.9 Å². The zero-order chi connectivity index (χ0) is 21.8. The van der Waals surface area contributed by atoms with E-state index in [1.165, 1.54) is 15.7 Å². The van der Waals surface area contributed by atoms with Crippen LogP contribution in [-0.4, -0.2) is 15.5 Å². The summed E-state index contributed by atoms with van der Waals surface area (Å²) < 4.78 is 1.40. The molecule has 0 radical (unpaired) electrons. The number of amides is 1. The molecule has 158 valence electrons. The number of para-hydroxylation sites is 1. The summed E-state index contributed by atoms with van der Waals surface area (Å²) in [5.74, 6) is 0.874. The maximum atomic E-state index is 12.9. The van der Waals surface area contributed by atoms with Gasteiger partial charge >= 0.3 is 0 Å². The molecule has 0 bridgehead atoms. The summed E-state index contributed by atoms with van der Waals surface area (Å²) in [5.41, 5.74) is 8.35. The summed E-state index contributed by atoms with van der Waals surface area (Å²) in [7, 11) is 0. The van der Waals surface area contributed by atoms with Crippen molar-refractivity contribution in [1.82, 2.24) is 9.55 Å². The Kier molecular flexibility index (Phi) is 6.67. The lowest BCUT2D eigenvalue weighted by Crippen LogP contribution is -2.85. The fourth-order valence-electron chi connectivity index (χ4n) is 3.82. The molecule has 0 saturated carbocycles. The maximum Gasteiger partial charge on any atom is 0.262 e. The summed E-state index contributed by atoms with van der Waals surface area (Å²) in [5, 5.41) is 2.68. The van der Waals surface area contributed by atoms with E-state index in [0.717, 1.165) is 0 Å². The number of aromatic nitrogens is 2. The van der Waals surface area contributed by atoms with Crippen LogP contribution in [0.3, 0.4) is 0 Å². The van der Waals surface area contributed by atoms with Gasteiger partial charge in [0.1, 0.15) is 19.1 Å². The molecule has 2 aromatic carbocycles. The van der Waals surface area contributed by atoms with Crippen LogP contribution in [0.15, 0.2) is 53.3 Å². The fraction of sp³-hybridized carbons (Fsp3) is 0.375. The molecule has 0 unspecified atom stereocenters. The van der Waals surface area contributed by atoms with Crippen LogP contribution in [0.2, 0.25) is 0 Å². The number of nitrogens with zero attached hydrogens (tertiary/aromatic N) is 2. The first-order valence-corrected chi connectivity index (χ1v) is 10.5. The van der Waals surface area contributed by atoms with Gasteiger partial charge in [0.25, 0.3) is 5.56 Å². The van der Waals surface area contributed by atoms with Crippen molar-refractivity contribution < 1.29 is 10.1 Å². The summed E-state index contributed by atoms with van der Waals surface area (Å²) in [4.78, 5) is 29.2. The van der Waals surface area contributed by atoms with Gasteiger partial charge in [-0.15, -0.1) is 0 Å². The van der Waals surface area contributed by atoms with E-state index < -0.39 is 5.91 Å². The van der Waals surface area contributed by atoms with Gasteiger partial charge < -0.3 is 11.1 Å². The molecule has 1 heterocycles. The lowest BCUT2D eigenvalue weighted by Gasteiger charge is -2.21. The number of hydrogen-bond donors (Lipinski definition) is 2. The molecule has 3 aromatic rings. The standard InChI is InChI=1S/C24H30N4O2/c1-15(2)17-9-11-18(12-10-17)23(16(3)4)26-13-22-27-20-8-6-5-7-19(20)24(30)28(22)14-21(25)29/h5-12,15-16,23,26H,13-14H2,1-4H3,(H2,25,29)/p+1/t23-/m0/s1. The molecular formula is C24H31N4O2+. The molecule has 0 aliphatic rings. The van der Waals surface area contributed by atoms with Gasteiger partial charge in [0, 0.05) is 11.5 Å². The van der Waals surface area contributed by atoms with Gasteiger partial charge in [-0.2, -0.15) is 0 Å². The van der Waals surface area contributed by atoms with E-state index >= 15 is 0 Å². The predicted octanol–water partition coefficient (Wildman–Crippen LogP) is 2.47. The number of carbonyl (C=O) groups is 1. The highest BCUT2D eigenvalue weighted by atomic mass is 16.2. The zero-order valence-electron chi connectivity index (χ0n) is 18.1. The third kappa shape index (κ3) is 4.76. The van der Waals surface area contributed by atoms with Gasteiger partial charge in [0.05, 0.1) is 10.9 Å². The smallest absolute Gasteiger partial charge is 0.262 e. The van der Waals surface area contributed by atoms with Gasteiger partial charge in [-0.25, -0.2) is 4.98 Å². The normalized spacial score (nSPS) is 12.6. The molecule has 6 heteroatoms. The van der Waals surface area contributed by atoms with Crippen molar-refractivity contribution in [1.29, 1.82) is 0 Å². The molecule has 1 aromatic heterocycles. The molecule has 0 aliphatic heterocycles. The average Bonchev–Trinajstić information content (AvgIpc) is 2.70. The number of quaternary nitrogens is 1. The van der Waals surface area contributed by atoms with Crippen LogP contribution < -0.4 is 16.6 Å². The van der Waals surface area contributed by atoms with Crippen molar-refractivity contribution in [3.8, 4) is 0 Å². The molecule has 1 amide bonds. The van der Waals surface area contributed by atoms with Gasteiger partial charge in [-0.1, -0.05) is 64.1 Å². The number of nitrogens with two attached hydrogens (primary N) is 2. The predicted molar refractivity (Wildman–Crippen MR) is 119 cm³/mol. The highest BCUT2D eigenvalue weighted by Crippen LogP contribution is 2.21. The first kappa shape index (κ1) is 21.7. The molecule has 4 N–H and O–H groups in total. The monoisotopic (exact) mass is 407 g/mol. The van der Waals surface area contributed by atoms with E-state index in [9.17, 15) is 9.59 Å². The van der Waals surface area contributed by atoms with Crippen molar-refractivity contribution in [2.75, 3.05) is 0 Å². The van der Waals surface area contributed by atoms with E-state index in [1.807, 2.05) is 12.1 Å². The van der Waals surface area contributed by atoms with Crippen molar-refractivity contribution in [3.05, 3.63) is 75.8 Å². The highest BCUT2D eigenvalue weighted by Gasteiger charge is 2.21. The summed E-state index contributed by atoms with van der Waals surface area (Å²) in [6, 6.07) is 16.1. The van der Waals surface area contributed by atoms with Crippen LogP contribution in [-0.2, 0) is 17.9 Å². The maximum absolute atomic E-state index is 12.9. The number of rotatable bonds is 8. The van der Waals surface area contributed by atoms with Crippen LogP contribution in [0.4, 0.5) is 0 Å². The number of hydrogen-bond acceptors (Lipinski definition) is 3. The van der Waals surface area contributed by atoms with Crippen molar-refractivity contribution in [2.24, 2.45) is 11.7 Å². The Bertz CT molecular complexity index is 1080. The molecule has 0 aliphatic carbocycles. The van der Waals surface area contributed by atoms with Crippen LogP contribution in [0, 0.1) is 5.92 Å². The third-order valence-electron chi connectivity index (χ3n) is 5.52. The van der Waals surface area contributed by atoms with Crippen LogP contribution in [0.5, 0.6) is 0 Å². The summed E-state index contributed by atoms with van der Waals surface area (Å²) >= 11 is 0. The minimum absolute atomic E-state index is 0.171. The minimum Gasteiger partial charge on any atom is -0.368 e. The Hall–Kier alpha value is -2.99. The number of fused-ring (bicyclic) bond motifs is 1. The van der Waals surface area contributed by atoms with E-state index in [4.69, 9.17) is 5.73 Å². The summed E-state index contributed by atoms with van der Waals surface area (Å²) in [6.07, 6.45) is 0. The molecular weight excluding hydrogens is 376 g/mol. The van der Waals surface area contributed by atoms with E-state index in [-0.39, 0.29) is 18.1 Å². The second-order valence-electron chi connectivity index (χ2n) is 8.43. The first-order valence-electron chi connectivity index (χ1n) is 10.5. The van der Waals surface area contributed by atoms with Gasteiger partial charge in [0.2, 0.25) is 5.91 Å². The number of primary amides is 1. The Morgan fingerprint density at radius 1 is 1.03 bits per heavy atom. The molecule has 6 nitrogen and oxygen atoms in total. The SMILES string of the molecule is CC(C)c1ccc([C@@H]([NH2+]Cc2nc3ccccc3c(=O)n2CC(N)=O)C(C)C)cc1. The Labute approximate surface area is 177 Å². The molecule has 0 fully saturated rings. The highest BCUT2D eigenvalue weighted by molar-refractivity contribution is 5.78. The topological polar surface area (TPSA) is 94.6 Å². The van der Waals surface area contributed by atoms with E-state index in [0.29, 0.717) is 35.1 Å². The Balaban J connectivity index is 1.93. The van der Waals surface area contributed by atoms with Crippen molar-refractivity contribution >= 4 is 16.8 Å². The quantitative estimate of drug-likeness (QED) is 0.600. The Morgan fingerprint density at radius 2 is 1.67 bits per heavy atom. The van der Waals surface area contributed by atoms with E-state index in [1.54, 1.807) is 12.1 Å². The zero-order valence-corrected chi connectivity index (χ0v) is 18.1. The lowest BCUT2D eigenvalue weighted by atomic mass is 9.93. The fourth-order valence-corrected chi connectivity index (χ4v) is 3.82. The molecule has 30 heavy (non-hydrogen) atoms. The van der Waals surface area contributed by atoms with E-state index in [2.05, 4.69) is 62.3 Å². The van der Waals surface area contributed by atoms with Gasteiger partial charge in [-0.05, 0) is 23.6 Å². The molecule has 0 spiro atoms. The summed E-state index contributed by atoms with van der Waals surface area (Å²) in [6.45, 7) is 9.04. The third-order valence-corrected chi connectivity index (χ3v) is 5.52. The lowest BCUT2D eigenvalue weighted by molar-refractivity contribution is -0.718. The first-order chi connectivity index (χ1) is 14.3. The second kappa shape index (κ2) is 9.22. The minimum atomic E-state index is -0.555. The molecule has 1 atom stereocenters. The molecule has 3 rings (SSSR count). The van der Waals surface area contributed by atoms with Crippen molar-refractivity contribution in [3.63, 3.8) is 0 Å². The van der Waals surface area contributed by atoms with Crippen LogP contribution >= 0.6 is 0 Å². The van der Waals surface area contributed by atoms with Gasteiger partial charge in [-0.3, -0.25) is 14.2 Å². The average molecular weight is 408 g/mol. The number of benzene rings is 2. The van der Waals surface area contributed by atoms with Crippen molar-refractivity contribution in [2.45, 2.75) is 52.7 Å².